The van der Waals surface area contributed by atoms with Gasteiger partial charge in [-0.15, -0.1) is 34.8 Å². The summed E-state index contributed by atoms with van der Waals surface area (Å²) < 4.78 is 3.23. The number of fused-ring (bicyclic) bond motifs is 3. The van der Waals surface area contributed by atoms with E-state index >= 15 is 0 Å². The fraction of sp³-hybridized carbons (Fsp3) is 0.471. The van der Waals surface area contributed by atoms with Gasteiger partial charge in [0.2, 0.25) is 0 Å². The van der Waals surface area contributed by atoms with Crippen molar-refractivity contribution in [2.24, 2.45) is 4.99 Å². The van der Waals surface area contributed by atoms with Crippen LogP contribution in [0, 0.1) is 0 Å². The van der Waals surface area contributed by atoms with Crippen LogP contribution in [0.1, 0.15) is 31.4 Å². The molecule has 146 valence electrons. The van der Waals surface area contributed by atoms with Crippen LogP contribution in [0.3, 0.4) is 0 Å². The van der Waals surface area contributed by atoms with Gasteiger partial charge in [0.15, 0.2) is 5.00 Å². The third-order valence-corrected chi connectivity index (χ3v) is 9.18. The predicted octanol–water partition coefficient (Wildman–Crippen LogP) is 4.01. The van der Waals surface area contributed by atoms with E-state index in [2.05, 4.69) is 42.6 Å². The standard InChI is InChI=1S/C17H20BrN5OS2.ClH/c1-23(12-5-10-2-3-11(6-12)21-10)26-16(22-15-17(26)20-8-25-15)14-13(24)4-9(18)7-19-14;/h4,7-8,10-12,21,24,26H,2-3,5-6H2,1H3;1H/t10-,11+,12-;. The Hall–Kier alpha value is -0.710. The van der Waals surface area contributed by atoms with Crippen molar-refractivity contribution in [2.75, 3.05) is 7.05 Å². The first kappa shape index (κ1) is 19.6. The zero-order chi connectivity index (χ0) is 17.8. The zero-order valence-corrected chi connectivity index (χ0v) is 18.8. The van der Waals surface area contributed by atoms with Gasteiger partial charge in [0, 0.05) is 28.8 Å². The molecule has 2 N–H and O–H groups in total. The molecule has 0 aliphatic carbocycles. The van der Waals surface area contributed by atoms with E-state index in [4.69, 9.17) is 4.99 Å². The molecule has 2 saturated heterocycles. The molecule has 3 aliphatic heterocycles. The molecule has 0 spiro atoms. The minimum atomic E-state index is -0.867. The number of aromatic nitrogens is 2. The normalized spacial score (nSPS) is 30.1. The van der Waals surface area contributed by atoms with Crippen LogP contribution in [0.5, 0.6) is 5.75 Å². The van der Waals surface area contributed by atoms with Crippen LogP contribution in [-0.2, 0) is 0 Å². The van der Waals surface area contributed by atoms with Gasteiger partial charge in [-0.2, -0.15) is 0 Å². The van der Waals surface area contributed by atoms with Crippen LogP contribution >= 0.6 is 50.8 Å². The van der Waals surface area contributed by atoms with Gasteiger partial charge in [-0.1, -0.05) is 0 Å². The summed E-state index contributed by atoms with van der Waals surface area (Å²) in [6, 6.07) is 3.46. The summed E-state index contributed by atoms with van der Waals surface area (Å²) in [5.74, 6) is 0.166. The van der Waals surface area contributed by atoms with Gasteiger partial charge < -0.3 is 10.4 Å². The van der Waals surface area contributed by atoms with Crippen molar-refractivity contribution in [3.8, 4) is 5.75 Å². The number of rotatable bonds is 3. The number of nitrogens with one attached hydrogen (secondary N) is 1. The largest absolute Gasteiger partial charge is 0.506 e. The Bertz CT molecular complexity index is 882. The van der Waals surface area contributed by atoms with E-state index in [1.54, 1.807) is 23.6 Å². The second kappa shape index (κ2) is 7.61. The second-order valence-corrected chi connectivity index (χ2v) is 10.9. The van der Waals surface area contributed by atoms with E-state index in [1.165, 1.54) is 25.7 Å². The molecule has 2 fully saturated rings. The van der Waals surface area contributed by atoms with E-state index in [0.29, 0.717) is 23.8 Å². The molecule has 2 aromatic heterocycles. The van der Waals surface area contributed by atoms with Gasteiger partial charge in [-0.05, 0) is 54.7 Å². The fourth-order valence-corrected chi connectivity index (χ4v) is 7.97. The SMILES string of the molecule is CN([C@@H]1C[C@H]2CC[C@@H](C1)N2)[SH]1C(c2ncc(Br)cc2O)=Nc2scnc21.Cl. The van der Waals surface area contributed by atoms with E-state index in [0.717, 1.165) is 19.5 Å². The molecule has 1 unspecified atom stereocenters. The molecule has 10 heteroatoms. The minimum Gasteiger partial charge on any atom is -0.506 e. The van der Waals surface area contributed by atoms with Crippen molar-refractivity contribution in [3.05, 3.63) is 27.9 Å². The number of thiol groups is 1. The number of nitrogens with zero attached hydrogens (tertiary/aromatic N) is 4. The first-order valence-corrected chi connectivity index (χ1v) is 11.7. The molecule has 0 saturated carbocycles. The van der Waals surface area contributed by atoms with Crippen LogP contribution in [0.25, 0.3) is 0 Å². The summed E-state index contributed by atoms with van der Waals surface area (Å²) in [5, 5.41) is 17.1. The average molecular weight is 491 g/mol. The molecule has 6 nitrogen and oxygen atoms in total. The van der Waals surface area contributed by atoms with Crippen molar-refractivity contribution in [1.29, 1.82) is 0 Å². The molecule has 2 aromatic rings. The summed E-state index contributed by atoms with van der Waals surface area (Å²) >= 11 is 4.06. The summed E-state index contributed by atoms with van der Waals surface area (Å²) in [5.41, 5.74) is 2.45. The Morgan fingerprint density at radius 3 is 2.74 bits per heavy atom. The second-order valence-electron chi connectivity index (χ2n) is 7.09. The molecule has 2 bridgehead atoms. The lowest BCUT2D eigenvalue weighted by molar-refractivity contribution is 0.264. The van der Waals surface area contributed by atoms with Crippen molar-refractivity contribution >= 4 is 60.8 Å². The van der Waals surface area contributed by atoms with E-state index < -0.39 is 11.1 Å². The molecule has 3 aliphatic rings. The van der Waals surface area contributed by atoms with Gasteiger partial charge in [0.05, 0.1) is 5.51 Å². The number of hydrogen-bond acceptors (Lipinski definition) is 7. The zero-order valence-electron chi connectivity index (χ0n) is 14.7. The Labute approximate surface area is 179 Å². The third kappa shape index (κ3) is 3.42. The van der Waals surface area contributed by atoms with Gasteiger partial charge in [0.1, 0.15) is 21.5 Å². The maximum atomic E-state index is 10.5. The third-order valence-electron chi connectivity index (χ3n) is 5.48. The monoisotopic (exact) mass is 489 g/mol. The minimum absolute atomic E-state index is 0. The smallest absolute Gasteiger partial charge is 0.151 e. The molecule has 0 aromatic carbocycles. The molecular weight excluding hydrogens is 470 g/mol. The fourth-order valence-electron chi connectivity index (χ4n) is 4.25. The van der Waals surface area contributed by atoms with Crippen LogP contribution in [0.15, 0.2) is 32.3 Å². The number of aromatic hydroxyl groups is 1. The van der Waals surface area contributed by atoms with Gasteiger partial charge in [-0.3, -0.25) is 4.31 Å². The predicted molar refractivity (Wildman–Crippen MR) is 117 cm³/mol. The van der Waals surface area contributed by atoms with Gasteiger partial charge >= 0.3 is 0 Å². The Morgan fingerprint density at radius 2 is 2.04 bits per heavy atom. The lowest BCUT2D eigenvalue weighted by Crippen LogP contribution is -2.46. The van der Waals surface area contributed by atoms with Crippen molar-refractivity contribution in [3.63, 3.8) is 0 Å². The van der Waals surface area contributed by atoms with Crippen LogP contribution < -0.4 is 5.32 Å². The highest BCUT2D eigenvalue weighted by Crippen LogP contribution is 2.56. The van der Waals surface area contributed by atoms with Crippen LogP contribution in [-0.4, -0.2) is 49.6 Å². The van der Waals surface area contributed by atoms with Crippen molar-refractivity contribution < 1.29 is 5.11 Å². The quantitative estimate of drug-likeness (QED) is 0.567. The van der Waals surface area contributed by atoms with E-state index in [1.807, 2.05) is 5.51 Å². The van der Waals surface area contributed by atoms with Gasteiger partial charge in [-0.25, -0.2) is 15.0 Å². The van der Waals surface area contributed by atoms with Gasteiger partial charge in [0.25, 0.3) is 0 Å². The first-order valence-electron chi connectivity index (χ1n) is 8.76. The van der Waals surface area contributed by atoms with Crippen molar-refractivity contribution in [2.45, 2.75) is 48.8 Å². The topological polar surface area (TPSA) is 73.6 Å². The number of aliphatic imine (C=N–C) groups is 1. The van der Waals surface area contributed by atoms with Crippen LogP contribution in [0.2, 0.25) is 0 Å². The molecule has 27 heavy (non-hydrogen) atoms. The Balaban J connectivity index is 0.00000180. The number of thiazole rings is 1. The maximum absolute atomic E-state index is 10.5. The number of hydrogen-bond donors (Lipinski definition) is 3. The van der Waals surface area contributed by atoms with Crippen LogP contribution in [0.4, 0.5) is 5.00 Å². The Kier molecular flexibility index (Phi) is 5.52. The average Bonchev–Trinajstić information content (AvgIpc) is 3.28. The lowest BCUT2D eigenvalue weighted by atomic mass is 10.0. The highest BCUT2D eigenvalue weighted by atomic mass is 79.9. The number of piperidine rings is 1. The summed E-state index contributed by atoms with van der Waals surface area (Å²) in [6.45, 7) is 0. The molecule has 5 rings (SSSR count). The number of pyridine rings is 1. The highest BCUT2D eigenvalue weighted by Gasteiger charge is 2.40. The van der Waals surface area contributed by atoms with E-state index in [9.17, 15) is 5.11 Å². The molecule has 5 heterocycles. The summed E-state index contributed by atoms with van der Waals surface area (Å²) in [4.78, 5) is 13.9. The molecule has 0 radical (unpaired) electrons. The summed E-state index contributed by atoms with van der Waals surface area (Å²) in [6.07, 6.45) is 6.61. The maximum Gasteiger partial charge on any atom is 0.151 e. The highest BCUT2D eigenvalue weighted by molar-refractivity contribution is 9.10. The first-order chi connectivity index (χ1) is 12.6. The number of halogens is 2. The molecular formula is C17H21BrClN5OS2. The lowest BCUT2D eigenvalue weighted by Gasteiger charge is -2.40. The molecule has 4 atom stereocenters. The van der Waals surface area contributed by atoms with Crippen molar-refractivity contribution in [1.82, 2.24) is 19.6 Å². The summed E-state index contributed by atoms with van der Waals surface area (Å²) in [7, 11) is 2.20. The van der Waals surface area contributed by atoms with E-state index in [-0.39, 0.29) is 18.2 Å². The Morgan fingerprint density at radius 1 is 1.30 bits per heavy atom. The molecule has 0 amide bonds.